The summed E-state index contributed by atoms with van der Waals surface area (Å²) in [4.78, 5) is 35.9. The molecule has 0 aliphatic carbocycles. The number of hydrogen-bond donors (Lipinski definition) is 2. The van der Waals surface area contributed by atoms with E-state index < -0.39 is 5.97 Å². The molecule has 1 fully saturated rings. The Labute approximate surface area is 201 Å². The van der Waals surface area contributed by atoms with Crippen LogP contribution in [0.5, 0.6) is 5.75 Å². The first-order valence-electron chi connectivity index (χ1n) is 11.7. The Hall–Kier alpha value is -3.43. The Morgan fingerprint density at radius 2 is 1.50 bits per heavy atom. The summed E-state index contributed by atoms with van der Waals surface area (Å²) in [5.41, 5.74) is 12.2. The second-order valence-electron chi connectivity index (χ2n) is 8.16. The van der Waals surface area contributed by atoms with Crippen molar-refractivity contribution in [3.63, 3.8) is 0 Å². The Bertz CT molecular complexity index is 975. The zero-order chi connectivity index (χ0) is 24.5. The number of nitrogens with zero attached hydrogens (tertiary/aromatic N) is 4. The third-order valence-corrected chi connectivity index (χ3v) is 5.96. The first kappa shape index (κ1) is 25.2. The molecule has 4 N–H and O–H groups in total. The number of benzene rings is 2. The fourth-order valence-electron chi connectivity index (χ4n) is 3.83. The minimum atomic E-state index is -0.504. The fraction of sp³-hybridized carbons (Fsp3) is 0.400. The molecule has 0 aromatic heterocycles. The molecule has 1 heterocycles. The molecule has 0 unspecified atom stereocenters. The summed E-state index contributed by atoms with van der Waals surface area (Å²) >= 11 is 0. The van der Waals surface area contributed by atoms with Crippen LogP contribution in [-0.4, -0.2) is 84.9 Å². The summed E-state index contributed by atoms with van der Waals surface area (Å²) in [6.07, 6.45) is 0. The standard InChI is InChI=1S/C25H34N6O3/c1-3-29(4-2)13-14-30-15-17-31(18-16-30)23(32)19-7-11-22(12-8-19)34-24(33)20-5-9-21(10-6-20)28-25(26)27/h5-12H,3-4,13-18H2,1-2H3,(H4,26,27,28). The summed E-state index contributed by atoms with van der Waals surface area (Å²) in [5, 5.41) is 0. The lowest BCUT2D eigenvalue weighted by molar-refractivity contribution is 0.0624. The maximum atomic E-state index is 12.9. The Kier molecular flexibility index (Phi) is 9.00. The highest BCUT2D eigenvalue weighted by Gasteiger charge is 2.22. The van der Waals surface area contributed by atoms with Gasteiger partial charge in [0.15, 0.2) is 5.96 Å². The average Bonchev–Trinajstić information content (AvgIpc) is 2.85. The SMILES string of the molecule is CCN(CC)CCN1CCN(C(=O)c2ccc(OC(=O)c3ccc(N=C(N)N)cc3)cc2)CC1. The van der Waals surface area contributed by atoms with Gasteiger partial charge in [0.25, 0.3) is 5.91 Å². The molecule has 1 amide bonds. The predicted molar refractivity (Wildman–Crippen MR) is 133 cm³/mol. The zero-order valence-corrected chi connectivity index (χ0v) is 19.9. The van der Waals surface area contributed by atoms with Gasteiger partial charge in [-0.05, 0) is 61.6 Å². The number of carbonyl (C=O) groups excluding carboxylic acids is 2. The Morgan fingerprint density at radius 3 is 2.06 bits per heavy atom. The van der Waals surface area contributed by atoms with Gasteiger partial charge in [-0.2, -0.15) is 0 Å². The van der Waals surface area contributed by atoms with Gasteiger partial charge in [0.05, 0.1) is 11.3 Å². The van der Waals surface area contributed by atoms with Crippen molar-refractivity contribution in [3.05, 3.63) is 59.7 Å². The zero-order valence-electron chi connectivity index (χ0n) is 19.9. The van der Waals surface area contributed by atoms with E-state index in [1.807, 2.05) is 4.90 Å². The number of esters is 1. The first-order chi connectivity index (χ1) is 16.4. The number of likely N-dealkylation sites (N-methyl/N-ethyl adjacent to an activating group) is 1. The van der Waals surface area contributed by atoms with Gasteiger partial charge >= 0.3 is 5.97 Å². The number of carbonyl (C=O) groups is 2. The van der Waals surface area contributed by atoms with Gasteiger partial charge in [-0.3, -0.25) is 9.69 Å². The average molecular weight is 467 g/mol. The van der Waals surface area contributed by atoms with E-state index in [0.717, 1.165) is 39.3 Å². The topological polar surface area (TPSA) is 117 Å². The minimum Gasteiger partial charge on any atom is -0.423 e. The molecule has 9 nitrogen and oxygen atoms in total. The van der Waals surface area contributed by atoms with Crippen molar-refractivity contribution in [2.24, 2.45) is 16.5 Å². The van der Waals surface area contributed by atoms with Crippen LogP contribution in [0.15, 0.2) is 53.5 Å². The highest BCUT2D eigenvalue weighted by molar-refractivity contribution is 5.95. The van der Waals surface area contributed by atoms with Crippen LogP contribution in [0.3, 0.4) is 0 Å². The lowest BCUT2D eigenvalue weighted by atomic mass is 10.1. The molecule has 0 atom stereocenters. The normalized spacial score (nSPS) is 14.1. The third kappa shape index (κ3) is 7.03. The minimum absolute atomic E-state index is 0.00316. The summed E-state index contributed by atoms with van der Waals surface area (Å²) in [6, 6.07) is 13.1. The van der Waals surface area contributed by atoms with Crippen LogP contribution in [0.4, 0.5) is 5.69 Å². The van der Waals surface area contributed by atoms with Crippen molar-refractivity contribution in [3.8, 4) is 5.75 Å². The largest absolute Gasteiger partial charge is 0.423 e. The van der Waals surface area contributed by atoms with Crippen LogP contribution in [0.2, 0.25) is 0 Å². The van der Waals surface area contributed by atoms with E-state index in [2.05, 4.69) is 28.6 Å². The number of aliphatic imine (C=N–C) groups is 1. The van der Waals surface area contributed by atoms with Crippen LogP contribution in [0.1, 0.15) is 34.6 Å². The van der Waals surface area contributed by atoms with E-state index in [-0.39, 0.29) is 11.9 Å². The van der Waals surface area contributed by atoms with Gasteiger partial charge in [0.2, 0.25) is 0 Å². The molecule has 2 aromatic rings. The van der Waals surface area contributed by atoms with E-state index in [0.29, 0.717) is 35.7 Å². The van der Waals surface area contributed by atoms with Crippen molar-refractivity contribution in [1.82, 2.24) is 14.7 Å². The summed E-state index contributed by atoms with van der Waals surface area (Å²) in [5.74, 6) is -0.189. The molecule has 1 saturated heterocycles. The van der Waals surface area contributed by atoms with Gasteiger partial charge in [-0.1, -0.05) is 13.8 Å². The molecule has 182 valence electrons. The van der Waals surface area contributed by atoms with E-state index >= 15 is 0 Å². The van der Waals surface area contributed by atoms with E-state index in [1.165, 1.54) is 0 Å². The molecule has 3 rings (SSSR count). The van der Waals surface area contributed by atoms with E-state index in [9.17, 15) is 9.59 Å². The fourth-order valence-corrected chi connectivity index (χ4v) is 3.83. The van der Waals surface area contributed by atoms with Crippen molar-refractivity contribution in [1.29, 1.82) is 0 Å². The van der Waals surface area contributed by atoms with Crippen molar-refractivity contribution >= 4 is 23.5 Å². The van der Waals surface area contributed by atoms with Crippen LogP contribution in [-0.2, 0) is 0 Å². The second kappa shape index (κ2) is 12.2. The van der Waals surface area contributed by atoms with Crippen LogP contribution < -0.4 is 16.2 Å². The highest BCUT2D eigenvalue weighted by Crippen LogP contribution is 2.18. The third-order valence-electron chi connectivity index (χ3n) is 5.96. The van der Waals surface area contributed by atoms with Crippen LogP contribution >= 0.6 is 0 Å². The number of piperazine rings is 1. The lowest BCUT2D eigenvalue weighted by Crippen LogP contribution is -2.50. The molecular weight excluding hydrogens is 432 g/mol. The lowest BCUT2D eigenvalue weighted by Gasteiger charge is -2.35. The number of ether oxygens (including phenoxy) is 1. The van der Waals surface area contributed by atoms with Gasteiger partial charge in [0.1, 0.15) is 5.75 Å². The summed E-state index contributed by atoms with van der Waals surface area (Å²) in [7, 11) is 0. The van der Waals surface area contributed by atoms with E-state index in [4.69, 9.17) is 16.2 Å². The molecule has 0 saturated carbocycles. The Morgan fingerprint density at radius 1 is 0.912 bits per heavy atom. The molecular formula is C25H34N6O3. The monoisotopic (exact) mass is 466 g/mol. The molecule has 1 aliphatic heterocycles. The van der Waals surface area contributed by atoms with Gasteiger partial charge in [0, 0.05) is 44.8 Å². The van der Waals surface area contributed by atoms with Gasteiger partial charge in [-0.25, -0.2) is 9.79 Å². The van der Waals surface area contributed by atoms with Crippen molar-refractivity contribution in [2.45, 2.75) is 13.8 Å². The van der Waals surface area contributed by atoms with Crippen LogP contribution in [0.25, 0.3) is 0 Å². The number of hydrogen-bond acceptors (Lipinski definition) is 6. The van der Waals surface area contributed by atoms with Gasteiger partial charge in [-0.15, -0.1) is 0 Å². The number of guanidine groups is 1. The molecule has 0 radical (unpaired) electrons. The Balaban J connectivity index is 1.50. The van der Waals surface area contributed by atoms with Crippen molar-refractivity contribution in [2.75, 3.05) is 52.4 Å². The molecule has 9 heteroatoms. The smallest absolute Gasteiger partial charge is 0.343 e. The maximum Gasteiger partial charge on any atom is 0.343 e. The number of amides is 1. The molecule has 1 aliphatic rings. The molecule has 34 heavy (non-hydrogen) atoms. The van der Waals surface area contributed by atoms with Crippen LogP contribution in [0, 0.1) is 0 Å². The summed E-state index contributed by atoms with van der Waals surface area (Å²) in [6.45, 7) is 11.8. The number of rotatable bonds is 9. The molecule has 2 aromatic carbocycles. The van der Waals surface area contributed by atoms with Gasteiger partial charge < -0.3 is 26.0 Å². The summed E-state index contributed by atoms with van der Waals surface area (Å²) < 4.78 is 5.42. The molecule has 0 spiro atoms. The second-order valence-corrected chi connectivity index (χ2v) is 8.16. The van der Waals surface area contributed by atoms with E-state index in [1.54, 1.807) is 48.5 Å². The van der Waals surface area contributed by atoms with Crippen molar-refractivity contribution < 1.29 is 14.3 Å². The quantitative estimate of drug-likeness (QED) is 0.251. The predicted octanol–water partition coefficient (Wildman–Crippen LogP) is 1.91. The highest BCUT2D eigenvalue weighted by atomic mass is 16.5. The maximum absolute atomic E-state index is 12.9. The molecule has 0 bridgehead atoms. The number of nitrogens with two attached hydrogens (primary N) is 2. The first-order valence-corrected chi connectivity index (χ1v) is 11.7.